The monoisotopic (exact) mass is 619 g/mol. The van der Waals surface area contributed by atoms with Gasteiger partial charge in [0.05, 0.1) is 17.7 Å². The number of amides is 1. The third kappa shape index (κ3) is 6.02. The zero-order valence-electron chi connectivity index (χ0n) is 24.1. The Morgan fingerprint density at radius 3 is 2.47 bits per heavy atom. The van der Waals surface area contributed by atoms with Gasteiger partial charge in [0.1, 0.15) is 11.6 Å². The number of nitrogens with one attached hydrogen (secondary N) is 1. The Morgan fingerprint density at radius 2 is 1.86 bits per heavy atom. The van der Waals surface area contributed by atoms with Gasteiger partial charge in [-0.2, -0.15) is 18.2 Å². The number of ether oxygens (including phenoxy) is 1. The summed E-state index contributed by atoms with van der Waals surface area (Å²) in [5, 5.41) is 3.52. The largest absolute Gasteiger partial charge is 0.417 e. The summed E-state index contributed by atoms with van der Waals surface area (Å²) in [6.45, 7) is 8.89. The molecular weight excluding hydrogens is 586 g/mol. The van der Waals surface area contributed by atoms with E-state index in [2.05, 4.69) is 16.9 Å². The second-order valence-corrected chi connectivity index (χ2v) is 11.9. The van der Waals surface area contributed by atoms with Gasteiger partial charge in [0.25, 0.3) is 0 Å². The van der Waals surface area contributed by atoms with Gasteiger partial charge in [-0.05, 0) is 43.7 Å². The molecule has 2 aliphatic heterocycles. The van der Waals surface area contributed by atoms with Crippen molar-refractivity contribution in [1.29, 1.82) is 0 Å². The van der Waals surface area contributed by atoms with Crippen molar-refractivity contribution < 1.29 is 27.1 Å². The minimum atomic E-state index is -4.76. The van der Waals surface area contributed by atoms with E-state index >= 15 is 0 Å². The number of nitrogens with zero attached hydrogens (tertiary/aromatic N) is 4. The predicted molar refractivity (Wildman–Crippen MR) is 159 cm³/mol. The molecule has 3 heterocycles. The smallest absolute Gasteiger partial charge is 0.383 e. The summed E-state index contributed by atoms with van der Waals surface area (Å²) in [6.07, 6.45) is -3.52. The van der Waals surface area contributed by atoms with E-state index in [1.54, 1.807) is 16.9 Å². The lowest BCUT2D eigenvalue weighted by atomic mass is 9.96. The van der Waals surface area contributed by atoms with E-state index in [-0.39, 0.29) is 70.9 Å². The molecule has 0 radical (unpaired) electrons. The second kappa shape index (κ2) is 12.3. The van der Waals surface area contributed by atoms with Crippen LogP contribution >= 0.6 is 11.8 Å². The van der Waals surface area contributed by atoms with Crippen LogP contribution in [0.2, 0.25) is 0 Å². The molecule has 43 heavy (non-hydrogen) atoms. The number of hydrogen-bond donors (Lipinski definition) is 1. The molecule has 2 aliphatic rings. The molecule has 0 aliphatic carbocycles. The van der Waals surface area contributed by atoms with E-state index in [1.807, 2.05) is 13.8 Å². The van der Waals surface area contributed by atoms with Crippen molar-refractivity contribution in [1.82, 2.24) is 19.8 Å². The Balaban J connectivity index is 1.76. The van der Waals surface area contributed by atoms with Crippen molar-refractivity contribution in [3.8, 4) is 11.1 Å². The van der Waals surface area contributed by atoms with Gasteiger partial charge in [-0.25, -0.2) is 9.18 Å². The molecule has 1 amide bonds. The molecule has 0 bridgehead atoms. The zero-order valence-corrected chi connectivity index (χ0v) is 24.9. The van der Waals surface area contributed by atoms with Gasteiger partial charge >= 0.3 is 11.9 Å². The molecule has 1 unspecified atom stereocenters. The van der Waals surface area contributed by atoms with Crippen molar-refractivity contribution in [3.05, 3.63) is 64.9 Å². The maximum Gasteiger partial charge on any atom is 0.417 e. The highest BCUT2D eigenvalue weighted by Crippen LogP contribution is 2.48. The van der Waals surface area contributed by atoms with Crippen LogP contribution < -0.4 is 15.9 Å². The van der Waals surface area contributed by atoms with Crippen LogP contribution in [0.15, 0.2) is 52.7 Å². The number of rotatable bonds is 7. The molecule has 1 aromatic heterocycles. The fraction of sp³-hybridized carbons (Fsp3) is 0.433. The Kier molecular flexibility index (Phi) is 8.87. The third-order valence-corrected chi connectivity index (χ3v) is 9.11. The van der Waals surface area contributed by atoms with E-state index in [0.29, 0.717) is 24.4 Å². The number of benzene rings is 2. The second-order valence-electron chi connectivity index (χ2n) is 10.9. The minimum Gasteiger partial charge on any atom is -0.383 e. The number of carbonyl (C=O) groups excluding carboxylic acids is 1. The third-order valence-electron chi connectivity index (χ3n) is 7.86. The van der Waals surface area contributed by atoms with Crippen molar-refractivity contribution >= 4 is 34.4 Å². The fourth-order valence-corrected chi connectivity index (χ4v) is 7.37. The number of piperazine rings is 1. The lowest BCUT2D eigenvalue weighted by Crippen LogP contribution is -2.58. The highest BCUT2D eigenvalue weighted by molar-refractivity contribution is 7.99. The standard InChI is InChI=1S/C30H33F4N5O3S/c1-5-24(40)39-17(2)13-37(14-18(39)3)28-22-12-23(30(32,33)34)25(19-6-8-20(31)9-7-19)27-26(22)38(29(41)36-28)15-21(16-43-27)35-10-11-42-4/h5-9,12,17-18,21,35H,1,10-11,13-16H2,2-4H3/t17-,18+,21?. The van der Waals surface area contributed by atoms with Gasteiger partial charge < -0.3 is 19.9 Å². The van der Waals surface area contributed by atoms with Crippen molar-refractivity contribution in [2.45, 2.75) is 49.6 Å². The Hall–Kier alpha value is -3.42. The number of methoxy groups -OCH3 is 1. The normalized spacial score (nSPS) is 20.8. The van der Waals surface area contributed by atoms with Crippen LogP contribution in [-0.4, -0.2) is 77.6 Å². The molecular formula is C30H33F4N5O3S. The molecule has 0 saturated carbocycles. The van der Waals surface area contributed by atoms with Crippen LogP contribution in [-0.2, 0) is 22.3 Å². The summed E-state index contributed by atoms with van der Waals surface area (Å²) in [5.41, 5.74) is -1.03. The summed E-state index contributed by atoms with van der Waals surface area (Å²) in [7, 11) is 1.57. The lowest BCUT2D eigenvalue weighted by Gasteiger charge is -2.44. The number of alkyl halides is 3. The van der Waals surface area contributed by atoms with Crippen molar-refractivity contribution in [2.24, 2.45) is 0 Å². The summed E-state index contributed by atoms with van der Waals surface area (Å²) in [5.74, 6) is -0.293. The van der Waals surface area contributed by atoms with E-state index < -0.39 is 23.2 Å². The summed E-state index contributed by atoms with van der Waals surface area (Å²) < 4.78 is 65.0. The summed E-state index contributed by atoms with van der Waals surface area (Å²) >= 11 is 1.23. The summed E-state index contributed by atoms with van der Waals surface area (Å²) in [6, 6.07) is 5.08. The minimum absolute atomic E-state index is 0.101. The first kappa shape index (κ1) is 31.0. The maximum atomic E-state index is 14.9. The molecule has 3 atom stereocenters. The summed E-state index contributed by atoms with van der Waals surface area (Å²) in [4.78, 5) is 34.3. The van der Waals surface area contributed by atoms with Crippen molar-refractivity contribution in [2.75, 3.05) is 44.0 Å². The molecule has 1 N–H and O–H groups in total. The lowest BCUT2D eigenvalue weighted by molar-refractivity contribution is -0.137. The molecule has 1 fully saturated rings. The van der Waals surface area contributed by atoms with Crippen LogP contribution in [0.4, 0.5) is 23.4 Å². The zero-order chi connectivity index (χ0) is 31.1. The predicted octanol–water partition coefficient (Wildman–Crippen LogP) is 4.54. The molecule has 1 saturated heterocycles. The molecule has 8 nitrogen and oxygen atoms in total. The average molecular weight is 620 g/mol. The number of hydrogen-bond acceptors (Lipinski definition) is 7. The first-order chi connectivity index (χ1) is 20.4. The number of thioether (sulfide) groups is 1. The number of aromatic nitrogens is 2. The van der Waals surface area contributed by atoms with Gasteiger partial charge in [-0.1, -0.05) is 18.7 Å². The van der Waals surface area contributed by atoms with Gasteiger partial charge in [-0.3, -0.25) is 9.36 Å². The molecule has 3 aromatic rings. The van der Waals surface area contributed by atoms with E-state index in [0.717, 1.165) is 18.2 Å². The number of anilines is 1. The van der Waals surface area contributed by atoms with Crippen LogP contribution in [0.3, 0.4) is 0 Å². The van der Waals surface area contributed by atoms with Crippen molar-refractivity contribution in [3.63, 3.8) is 0 Å². The van der Waals surface area contributed by atoms with Crippen LogP contribution in [0.1, 0.15) is 19.4 Å². The van der Waals surface area contributed by atoms with Gasteiger partial charge in [0.2, 0.25) is 5.91 Å². The molecule has 230 valence electrons. The SMILES string of the molecule is C=CC(=O)N1[C@H](C)CN(c2nc(=O)n3c4c(c(-c5ccc(F)cc5)c(C(F)(F)F)cc24)SCC(NCCOC)C3)C[C@@H]1C. The average Bonchev–Trinajstić information content (AvgIpc) is 3.15. The van der Waals surface area contributed by atoms with Crippen LogP contribution in [0, 0.1) is 5.82 Å². The molecule has 0 spiro atoms. The number of halogens is 4. The first-order valence-corrected chi connectivity index (χ1v) is 14.9. The highest BCUT2D eigenvalue weighted by atomic mass is 32.2. The van der Waals surface area contributed by atoms with Crippen LogP contribution in [0.25, 0.3) is 22.0 Å². The fourth-order valence-electron chi connectivity index (χ4n) is 6.05. The Labute approximate surface area is 250 Å². The van der Waals surface area contributed by atoms with Crippen LogP contribution in [0.5, 0.6) is 0 Å². The molecule has 13 heteroatoms. The van der Waals surface area contributed by atoms with Gasteiger partial charge in [-0.15, -0.1) is 11.8 Å². The van der Waals surface area contributed by atoms with E-state index in [4.69, 9.17) is 4.74 Å². The first-order valence-electron chi connectivity index (χ1n) is 13.9. The Bertz CT molecular complexity index is 1580. The number of carbonyl (C=O) groups is 1. The molecule has 5 rings (SSSR count). The highest BCUT2D eigenvalue weighted by Gasteiger charge is 2.39. The topological polar surface area (TPSA) is 79.7 Å². The quantitative estimate of drug-likeness (QED) is 0.236. The molecule has 2 aromatic carbocycles. The van der Waals surface area contributed by atoms with Gasteiger partial charge in [0.15, 0.2) is 0 Å². The van der Waals surface area contributed by atoms with E-state index in [1.165, 1.54) is 34.5 Å². The Morgan fingerprint density at radius 1 is 1.19 bits per heavy atom. The van der Waals surface area contributed by atoms with Gasteiger partial charge in [0, 0.05) is 73.0 Å². The van der Waals surface area contributed by atoms with E-state index in [9.17, 15) is 27.2 Å². The maximum absolute atomic E-state index is 14.9.